The van der Waals surface area contributed by atoms with Gasteiger partial charge in [-0.15, -0.1) is 0 Å². The number of hydrogen-bond donors (Lipinski definition) is 1. The van der Waals surface area contributed by atoms with Crippen molar-refractivity contribution in [1.82, 2.24) is 4.90 Å². The van der Waals surface area contributed by atoms with E-state index in [9.17, 15) is 4.79 Å². The summed E-state index contributed by atoms with van der Waals surface area (Å²) in [6.07, 6.45) is 5.98. The first-order valence-corrected chi connectivity index (χ1v) is 7.48. The van der Waals surface area contributed by atoms with E-state index in [1.807, 2.05) is 11.9 Å². The van der Waals surface area contributed by atoms with Crippen molar-refractivity contribution in [2.24, 2.45) is 5.73 Å². The fourth-order valence-corrected chi connectivity index (χ4v) is 2.53. The molecule has 96 valence electrons. The van der Waals surface area contributed by atoms with E-state index in [0.29, 0.717) is 6.04 Å². The van der Waals surface area contributed by atoms with Crippen molar-refractivity contribution < 1.29 is 4.79 Å². The molecule has 0 saturated carbocycles. The second kappa shape index (κ2) is 8.88. The molecule has 2 atom stereocenters. The maximum Gasteiger partial charge on any atom is 0.239 e. The standard InChI is InChI=1S/C12H26N2OS/c1-5-7-8-11(13)12(15)14(3)10(6-2)9-16-4/h10-11H,5-9,13H2,1-4H3. The summed E-state index contributed by atoms with van der Waals surface area (Å²) in [7, 11) is 1.87. The summed E-state index contributed by atoms with van der Waals surface area (Å²) in [4.78, 5) is 13.8. The zero-order valence-corrected chi connectivity index (χ0v) is 11.8. The van der Waals surface area contributed by atoms with Gasteiger partial charge in [0, 0.05) is 18.8 Å². The van der Waals surface area contributed by atoms with Crippen molar-refractivity contribution in [2.75, 3.05) is 19.1 Å². The minimum Gasteiger partial charge on any atom is -0.341 e. The van der Waals surface area contributed by atoms with Gasteiger partial charge in [0.25, 0.3) is 0 Å². The van der Waals surface area contributed by atoms with Gasteiger partial charge in [-0.05, 0) is 19.1 Å². The number of nitrogens with two attached hydrogens (primary N) is 1. The molecule has 0 saturated heterocycles. The van der Waals surface area contributed by atoms with E-state index in [4.69, 9.17) is 5.73 Å². The van der Waals surface area contributed by atoms with Crippen LogP contribution < -0.4 is 5.73 Å². The van der Waals surface area contributed by atoms with Crippen LogP contribution in [0.3, 0.4) is 0 Å². The highest BCUT2D eigenvalue weighted by Crippen LogP contribution is 2.11. The van der Waals surface area contributed by atoms with Crippen LogP contribution in [0.4, 0.5) is 0 Å². The highest BCUT2D eigenvalue weighted by atomic mass is 32.2. The molecule has 0 aliphatic heterocycles. The lowest BCUT2D eigenvalue weighted by atomic mass is 10.1. The Labute approximate surface area is 104 Å². The molecule has 16 heavy (non-hydrogen) atoms. The quantitative estimate of drug-likeness (QED) is 0.713. The van der Waals surface area contributed by atoms with Gasteiger partial charge in [0.2, 0.25) is 5.91 Å². The van der Waals surface area contributed by atoms with Gasteiger partial charge in [-0.2, -0.15) is 11.8 Å². The van der Waals surface area contributed by atoms with Crippen LogP contribution >= 0.6 is 11.8 Å². The number of nitrogens with zero attached hydrogens (tertiary/aromatic N) is 1. The minimum absolute atomic E-state index is 0.0920. The van der Waals surface area contributed by atoms with E-state index >= 15 is 0 Å². The summed E-state index contributed by atoms with van der Waals surface area (Å²) in [5.74, 6) is 1.08. The number of carbonyl (C=O) groups excluding carboxylic acids is 1. The predicted octanol–water partition coefficient (Wildman–Crippen LogP) is 2.10. The molecule has 2 N–H and O–H groups in total. The summed E-state index contributed by atoms with van der Waals surface area (Å²) in [5, 5.41) is 0. The van der Waals surface area contributed by atoms with Crippen LogP contribution in [0.1, 0.15) is 39.5 Å². The maximum absolute atomic E-state index is 12.0. The van der Waals surface area contributed by atoms with E-state index in [2.05, 4.69) is 20.1 Å². The van der Waals surface area contributed by atoms with Crippen molar-refractivity contribution in [2.45, 2.75) is 51.6 Å². The molecule has 0 aromatic carbocycles. The number of hydrogen-bond acceptors (Lipinski definition) is 3. The fraction of sp³-hybridized carbons (Fsp3) is 0.917. The van der Waals surface area contributed by atoms with E-state index in [1.54, 1.807) is 11.8 Å². The van der Waals surface area contributed by atoms with Crippen LogP contribution in [0.2, 0.25) is 0 Å². The van der Waals surface area contributed by atoms with Crippen molar-refractivity contribution in [3.63, 3.8) is 0 Å². The molecule has 0 bridgehead atoms. The number of unbranched alkanes of at least 4 members (excludes halogenated alkanes) is 1. The molecule has 1 amide bonds. The van der Waals surface area contributed by atoms with Gasteiger partial charge in [-0.3, -0.25) is 4.79 Å². The molecular formula is C12H26N2OS. The normalized spacial score (nSPS) is 14.6. The molecular weight excluding hydrogens is 220 g/mol. The Kier molecular flexibility index (Phi) is 8.76. The van der Waals surface area contributed by atoms with Crippen LogP contribution in [0.15, 0.2) is 0 Å². The first-order chi connectivity index (χ1) is 7.58. The number of rotatable bonds is 8. The van der Waals surface area contributed by atoms with Crippen LogP contribution in [-0.4, -0.2) is 41.9 Å². The molecule has 4 heteroatoms. The summed E-state index contributed by atoms with van der Waals surface area (Å²) in [5.41, 5.74) is 5.89. The Balaban J connectivity index is 4.22. The van der Waals surface area contributed by atoms with Gasteiger partial charge in [0.1, 0.15) is 0 Å². The first-order valence-electron chi connectivity index (χ1n) is 6.09. The molecule has 0 spiro atoms. The SMILES string of the molecule is CCCCC(N)C(=O)N(C)C(CC)CSC. The summed E-state index contributed by atoms with van der Waals surface area (Å²) in [6, 6.07) is -0.00367. The third-order valence-corrected chi connectivity index (χ3v) is 3.63. The van der Waals surface area contributed by atoms with Crippen LogP contribution in [0.5, 0.6) is 0 Å². The van der Waals surface area contributed by atoms with Gasteiger partial charge in [-0.1, -0.05) is 26.7 Å². The highest BCUT2D eigenvalue weighted by molar-refractivity contribution is 7.98. The van der Waals surface area contributed by atoms with Gasteiger partial charge in [-0.25, -0.2) is 0 Å². The first kappa shape index (κ1) is 15.8. The molecule has 0 radical (unpaired) electrons. The molecule has 0 aromatic heterocycles. The maximum atomic E-state index is 12.0. The van der Waals surface area contributed by atoms with Gasteiger partial charge < -0.3 is 10.6 Å². The van der Waals surface area contributed by atoms with Crippen molar-refractivity contribution >= 4 is 17.7 Å². The lowest BCUT2D eigenvalue weighted by Gasteiger charge is -2.29. The largest absolute Gasteiger partial charge is 0.341 e. The highest BCUT2D eigenvalue weighted by Gasteiger charge is 2.22. The van der Waals surface area contributed by atoms with E-state index in [-0.39, 0.29) is 11.9 Å². The van der Waals surface area contributed by atoms with Crippen molar-refractivity contribution in [1.29, 1.82) is 0 Å². The number of amides is 1. The second-order valence-corrected chi connectivity index (χ2v) is 5.13. The monoisotopic (exact) mass is 246 g/mol. The molecule has 0 aliphatic carbocycles. The van der Waals surface area contributed by atoms with Crippen LogP contribution in [0, 0.1) is 0 Å². The molecule has 3 nitrogen and oxygen atoms in total. The van der Waals surface area contributed by atoms with E-state index in [1.165, 1.54) is 0 Å². The molecule has 0 heterocycles. The average molecular weight is 246 g/mol. The number of likely N-dealkylation sites (N-methyl/N-ethyl adjacent to an activating group) is 1. The Morgan fingerprint density at radius 2 is 2.06 bits per heavy atom. The summed E-state index contributed by atoms with van der Waals surface area (Å²) in [6.45, 7) is 4.23. The van der Waals surface area contributed by atoms with Crippen molar-refractivity contribution in [3.05, 3.63) is 0 Å². The smallest absolute Gasteiger partial charge is 0.239 e. The zero-order chi connectivity index (χ0) is 12.6. The van der Waals surface area contributed by atoms with Crippen molar-refractivity contribution in [3.8, 4) is 0 Å². The number of thioether (sulfide) groups is 1. The topological polar surface area (TPSA) is 46.3 Å². The lowest BCUT2D eigenvalue weighted by molar-refractivity contribution is -0.133. The Hall–Kier alpha value is -0.220. The third kappa shape index (κ3) is 5.21. The summed E-state index contributed by atoms with van der Waals surface area (Å²) < 4.78 is 0. The Bertz CT molecular complexity index is 199. The average Bonchev–Trinajstić information content (AvgIpc) is 2.31. The fourth-order valence-electron chi connectivity index (χ4n) is 1.68. The Morgan fingerprint density at radius 3 is 2.50 bits per heavy atom. The molecule has 0 aromatic rings. The third-order valence-electron chi connectivity index (χ3n) is 2.91. The summed E-state index contributed by atoms with van der Waals surface area (Å²) >= 11 is 1.77. The van der Waals surface area contributed by atoms with E-state index in [0.717, 1.165) is 31.4 Å². The molecule has 0 rings (SSSR count). The van der Waals surface area contributed by atoms with E-state index < -0.39 is 0 Å². The zero-order valence-electron chi connectivity index (χ0n) is 11.0. The van der Waals surface area contributed by atoms with Gasteiger partial charge in [0.15, 0.2) is 0 Å². The van der Waals surface area contributed by atoms with Crippen LogP contribution in [-0.2, 0) is 4.79 Å². The Morgan fingerprint density at radius 1 is 1.44 bits per heavy atom. The predicted molar refractivity (Wildman–Crippen MR) is 72.7 cm³/mol. The van der Waals surface area contributed by atoms with Crippen LogP contribution in [0.25, 0.3) is 0 Å². The van der Waals surface area contributed by atoms with Gasteiger partial charge >= 0.3 is 0 Å². The number of carbonyl (C=O) groups is 1. The second-order valence-electron chi connectivity index (χ2n) is 4.22. The molecule has 0 aliphatic rings. The molecule has 0 fully saturated rings. The van der Waals surface area contributed by atoms with Gasteiger partial charge in [0.05, 0.1) is 6.04 Å². The molecule has 2 unspecified atom stereocenters. The minimum atomic E-state index is -0.319. The lowest BCUT2D eigenvalue weighted by Crippen LogP contribution is -2.47.